The Labute approximate surface area is 184 Å². The van der Waals surface area contributed by atoms with Gasteiger partial charge in [-0.2, -0.15) is 0 Å². The molecule has 0 radical (unpaired) electrons. The molecule has 0 aliphatic carbocycles. The van der Waals surface area contributed by atoms with Gasteiger partial charge in [-0.3, -0.25) is 4.99 Å². The van der Waals surface area contributed by atoms with Gasteiger partial charge in [0, 0.05) is 32.9 Å². The van der Waals surface area contributed by atoms with Gasteiger partial charge < -0.3 is 25.0 Å². The number of ether oxygens (including phenoxy) is 2. The maximum absolute atomic E-state index is 5.91. The Kier molecular flexibility index (Phi) is 7.38. The van der Waals surface area contributed by atoms with Crippen LogP contribution in [0.4, 0.5) is 5.82 Å². The lowest BCUT2D eigenvalue weighted by Crippen LogP contribution is -2.47. The molecule has 3 aliphatic rings. The summed E-state index contributed by atoms with van der Waals surface area (Å²) in [4.78, 5) is 11.3. The molecule has 3 saturated heterocycles. The van der Waals surface area contributed by atoms with Gasteiger partial charge in [-0.05, 0) is 44.7 Å². The van der Waals surface area contributed by atoms with Crippen molar-refractivity contribution in [1.82, 2.24) is 15.6 Å². The van der Waals surface area contributed by atoms with E-state index in [-0.39, 0.29) is 36.2 Å². The Morgan fingerprint density at radius 3 is 2.57 bits per heavy atom. The van der Waals surface area contributed by atoms with Crippen LogP contribution in [0.1, 0.15) is 38.7 Å². The molecule has 0 spiro atoms. The highest BCUT2D eigenvalue weighted by Gasteiger charge is 2.41. The molecule has 1 aromatic rings. The Morgan fingerprint density at radius 1 is 1.21 bits per heavy atom. The molecule has 2 N–H and O–H groups in total. The number of morpholine rings is 1. The summed E-state index contributed by atoms with van der Waals surface area (Å²) in [5.41, 5.74) is 1.14. The number of nitrogens with one attached hydrogen (secondary N) is 2. The van der Waals surface area contributed by atoms with E-state index in [2.05, 4.69) is 51.5 Å². The summed E-state index contributed by atoms with van der Waals surface area (Å²) < 4.78 is 11.7. The molecule has 8 heteroatoms. The smallest absolute Gasteiger partial charge is 0.191 e. The van der Waals surface area contributed by atoms with Gasteiger partial charge in [0.05, 0.1) is 30.5 Å². The number of halogens is 1. The number of fused-ring (bicyclic) bond motifs is 2. The van der Waals surface area contributed by atoms with E-state index in [4.69, 9.17) is 9.47 Å². The van der Waals surface area contributed by atoms with E-state index >= 15 is 0 Å². The first kappa shape index (κ1) is 21.6. The predicted octanol–water partition coefficient (Wildman–Crippen LogP) is 2.30. The molecule has 7 nitrogen and oxygen atoms in total. The molecule has 156 valence electrons. The monoisotopic (exact) mass is 501 g/mol. The van der Waals surface area contributed by atoms with E-state index in [1.807, 2.05) is 13.2 Å². The van der Waals surface area contributed by atoms with Gasteiger partial charge in [-0.1, -0.05) is 6.07 Å². The number of aliphatic imine (C=N–C) groups is 1. The molecule has 5 atom stereocenters. The zero-order valence-corrected chi connectivity index (χ0v) is 19.3. The predicted molar refractivity (Wildman–Crippen MR) is 122 cm³/mol. The molecule has 3 aliphatic heterocycles. The van der Waals surface area contributed by atoms with E-state index in [0.29, 0.717) is 24.8 Å². The van der Waals surface area contributed by atoms with Gasteiger partial charge >= 0.3 is 0 Å². The molecule has 0 amide bonds. The van der Waals surface area contributed by atoms with E-state index in [1.54, 1.807) is 0 Å². The summed E-state index contributed by atoms with van der Waals surface area (Å²) in [6.45, 7) is 6.69. The number of hydrogen-bond donors (Lipinski definition) is 2. The van der Waals surface area contributed by atoms with Gasteiger partial charge in [0.25, 0.3) is 0 Å². The lowest BCUT2D eigenvalue weighted by Gasteiger charge is -2.36. The summed E-state index contributed by atoms with van der Waals surface area (Å²) in [6.07, 6.45) is 6.64. The first-order chi connectivity index (χ1) is 13.1. The average molecular weight is 501 g/mol. The van der Waals surface area contributed by atoms with Gasteiger partial charge in [0.15, 0.2) is 5.96 Å². The van der Waals surface area contributed by atoms with Crippen LogP contribution >= 0.6 is 24.0 Å². The fraction of sp³-hybridized carbons (Fsp3) is 0.700. The van der Waals surface area contributed by atoms with Crippen LogP contribution in [-0.2, 0) is 16.0 Å². The summed E-state index contributed by atoms with van der Waals surface area (Å²) in [6, 6.07) is 4.61. The van der Waals surface area contributed by atoms with Crippen molar-refractivity contribution < 1.29 is 9.47 Å². The molecule has 4 heterocycles. The first-order valence-corrected chi connectivity index (χ1v) is 10.1. The third kappa shape index (κ3) is 5.07. The minimum absolute atomic E-state index is 0. The minimum Gasteiger partial charge on any atom is -0.373 e. The standard InChI is InChI=1S/C20H31N5O2.HI/c1-13-11-25(12-14(2)26-13)19-7-4-15(9-22-19)10-23-20(21-3)24-17-8-16-5-6-18(17)27-16;/h4,7,9,13-14,16-18H,5-6,8,10-12H2,1-3H3,(H2,21,23,24);1H. The molecule has 5 unspecified atom stereocenters. The second kappa shape index (κ2) is 9.58. The van der Waals surface area contributed by atoms with Gasteiger partial charge in [-0.25, -0.2) is 4.98 Å². The highest BCUT2D eigenvalue weighted by molar-refractivity contribution is 14.0. The van der Waals surface area contributed by atoms with Crippen LogP contribution in [0, 0.1) is 0 Å². The molecule has 0 aromatic carbocycles. The fourth-order valence-corrected chi connectivity index (χ4v) is 4.42. The van der Waals surface area contributed by atoms with E-state index in [1.165, 1.54) is 6.42 Å². The van der Waals surface area contributed by atoms with Gasteiger partial charge in [0.2, 0.25) is 0 Å². The molecule has 1 aromatic heterocycles. The highest BCUT2D eigenvalue weighted by atomic mass is 127. The van der Waals surface area contributed by atoms with E-state index < -0.39 is 0 Å². The Balaban J connectivity index is 0.00000225. The first-order valence-electron chi connectivity index (χ1n) is 10.1. The van der Waals surface area contributed by atoms with Crippen molar-refractivity contribution in [3.8, 4) is 0 Å². The quantitative estimate of drug-likeness (QED) is 0.375. The molecule has 3 fully saturated rings. The van der Waals surface area contributed by atoms with Crippen LogP contribution in [0.25, 0.3) is 0 Å². The van der Waals surface area contributed by atoms with Crippen molar-refractivity contribution in [3.63, 3.8) is 0 Å². The molecule has 0 saturated carbocycles. The molecule has 2 bridgehead atoms. The van der Waals surface area contributed by atoms with Crippen LogP contribution < -0.4 is 15.5 Å². The van der Waals surface area contributed by atoms with E-state index in [0.717, 1.165) is 43.3 Å². The zero-order chi connectivity index (χ0) is 18.8. The second-order valence-corrected chi connectivity index (χ2v) is 7.97. The van der Waals surface area contributed by atoms with Crippen LogP contribution in [0.2, 0.25) is 0 Å². The zero-order valence-electron chi connectivity index (χ0n) is 16.9. The lowest BCUT2D eigenvalue weighted by atomic mass is 9.96. The summed E-state index contributed by atoms with van der Waals surface area (Å²) >= 11 is 0. The SMILES string of the molecule is CN=C(NCc1ccc(N2CC(C)OC(C)C2)nc1)NC1CC2CCC1O2.I. The van der Waals surface area contributed by atoms with Crippen LogP contribution in [0.3, 0.4) is 0 Å². The normalized spacial score (nSPS) is 32.2. The maximum Gasteiger partial charge on any atom is 0.191 e. The third-order valence-corrected chi connectivity index (χ3v) is 5.66. The summed E-state index contributed by atoms with van der Waals surface area (Å²) in [7, 11) is 1.81. The van der Waals surface area contributed by atoms with Crippen molar-refractivity contribution in [3.05, 3.63) is 23.9 Å². The molecule has 4 rings (SSSR count). The Hall–Kier alpha value is -1.13. The van der Waals surface area contributed by atoms with Crippen LogP contribution in [0.5, 0.6) is 0 Å². The van der Waals surface area contributed by atoms with E-state index in [9.17, 15) is 0 Å². The van der Waals surface area contributed by atoms with Crippen LogP contribution in [0.15, 0.2) is 23.3 Å². The lowest BCUT2D eigenvalue weighted by molar-refractivity contribution is -0.00545. The second-order valence-electron chi connectivity index (χ2n) is 7.97. The highest BCUT2D eigenvalue weighted by Crippen LogP contribution is 2.34. The number of hydrogen-bond acceptors (Lipinski definition) is 5. The minimum atomic E-state index is 0. The average Bonchev–Trinajstić information content (AvgIpc) is 3.28. The Bertz CT molecular complexity index is 661. The number of nitrogens with zero attached hydrogens (tertiary/aromatic N) is 3. The van der Waals surface area contributed by atoms with Crippen molar-refractivity contribution in [1.29, 1.82) is 0 Å². The number of pyridine rings is 1. The largest absolute Gasteiger partial charge is 0.373 e. The Morgan fingerprint density at radius 2 is 2.00 bits per heavy atom. The molecular formula is C20H32IN5O2. The topological polar surface area (TPSA) is 71.0 Å². The summed E-state index contributed by atoms with van der Waals surface area (Å²) in [5.74, 6) is 1.85. The van der Waals surface area contributed by atoms with Gasteiger partial charge in [-0.15, -0.1) is 24.0 Å². The van der Waals surface area contributed by atoms with Crippen molar-refractivity contribution >= 4 is 35.8 Å². The molecular weight excluding hydrogens is 469 g/mol. The van der Waals surface area contributed by atoms with Gasteiger partial charge in [0.1, 0.15) is 5.82 Å². The van der Waals surface area contributed by atoms with Crippen molar-refractivity contribution in [2.24, 2.45) is 4.99 Å². The molecule has 28 heavy (non-hydrogen) atoms. The number of rotatable bonds is 4. The summed E-state index contributed by atoms with van der Waals surface area (Å²) in [5, 5.41) is 6.91. The number of aromatic nitrogens is 1. The van der Waals surface area contributed by atoms with Crippen molar-refractivity contribution in [2.75, 3.05) is 25.0 Å². The van der Waals surface area contributed by atoms with Crippen LogP contribution in [-0.4, -0.2) is 61.5 Å². The number of guanidine groups is 1. The number of anilines is 1. The fourth-order valence-electron chi connectivity index (χ4n) is 4.42. The maximum atomic E-state index is 5.91. The van der Waals surface area contributed by atoms with Crippen molar-refractivity contribution in [2.45, 2.75) is 70.1 Å². The third-order valence-electron chi connectivity index (χ3n) is 5.66.